The van der Waals surface area contributed by atoms with Crippen LogP contribution in [0.15, 0.2) is 42.5 Å². The number of nitrogens with one attached hydrogen (secondary N) is 2. The highest BCUT2D eigenvalue weighted by molar-refractivity contribution is 6.35. The number of benzene rings is 2. The number of amides is 3. The Labute approximate surface area is 200 Å². The molecule has 0 radical (unpaired) electrons. The Bertz CT molecular complexity index is 1220. The normalized spacial score (nSPS) is 27.2. The van der Waals surface area contributed by atoms with Crippen LogP contribution in [-0.4, -0.2) is 46.8 Å². The van der Waals surface area contributed by atoms with Gasteiger partial charge in [-0.15, -0.1) is 0 Å². The van der Waals surface area contributed by atoms with Crippen molar-refractivity contribution in [2.24, 2.45) is 11.8 Å². The van der Waals surface area contributed by atoms with E-state index in [0.29, 0.717) is 22.0 Å². The van der Waals surface area contributed by atoms with Crippen molar-refractivity contribution in [1.29, 1.82) is 0 Å². The average Bonchev–Trinajstić information content (AvgIpc) is 3.40. The molecule has 0 aromatic heterocycles. The van der Waals surface area contributed by atoms with E-state index in [1.165, 1.54) is 4.90 Å². The predicted molar refractivity (Wildman–Crippen MR) is 121 cm³/mol. The van der Waals surface area contributed by atoms with Gasteiger partial charge in [0.1, 0.15) is 11.3 Å². The smallest absolute Gasteiger partial charge is 0.303 e. The Morgan fingerprint density at radius 2 is 1.88 bits per heavy atom. The third kappa shape index (κ3) is 3.19. The van der Waals surface area contributed by atoms with Crippen LogP contribution in [0.1, 0.15) is 24.0 Å². The summed E-state index contributed by atoms with van der Waals surface area (Å²) >= 11 is 6.31. The molecule has 5 rings (SSSR count). The van der Waals surface area contributed by atoms with Crippen molar-refractivity contribution in [3.63, 3.8) is 0 Å². The number of imide groups is 1. The van der Waals surface area contributed by atoms with Crippen LogP contribution in [0.3, 0.4) is 0 Å². The number of rotatable bonds is 6. The first kappa shape index (κ1) is 22.4. The Morgan fingerprint density at radius 1 is 1.15 bits per heavy atom. The molecular formula is C24H22ClN3O6. The van der Waals surface area contributed by atoms with Gasteiger partial charge in [-0.2, -0.15) is 0 Å². The zero-order valence-electron chi connectivity index (χ0n) is 18.2. The van der Waals surface area contributed by atoms with Crippen LogP contribution in [0.25, 0.3) is 0 Å². The quantitative estimate of drug-likeness (QED) is 0.537. The van der Waals surface area contributed by atoms with Crippen LogP contribution in [-0.2, 0) is 31.3 Å². The molecule has 0 aliphatic carbocycles. The van der Waals surface area contributed by atoms with Gasteiger partial charge >= 0.3 is 5.97 Å². The molecule has 2 fully saturated rings. The summed E-state index contributed by atoms with van der Waals surface area (Å²) in [6.45, 7) is 0.0421. The monoisotopic (exact) mass is 483 g/mol. The molecule has 3 heterocycles. The fourth-order valence-electron chi connectivity index (χ4n) is 5.45. The Morgan fingerprint density at radius 3 is 2.56 bits per heavy atom. The van der Waals surface area contributed by atoms with Crippen LogP contribution in [0.4, 0.5) is 5.69 Å². The van der Waals surface area contributed by atoms with Crippen LogP contribution < -0.4 is 15.4 Å². The van der Waals surface area contributed by atoms with Crippen molar-refractivity contribution < 1.29 is 29.0 Å². The fourth-order valence-corrected chi connectivity index (χ4v) is 5.67. The van der Waals surface area contributed by atoms with E-state index >= 15 is 0 Å². The van der Waals surface area contributed by atoms with E-state index in [-0.39, 0.29) is 19.4 Å². The van der Waals surface area contributed by atoms with Gasteiger partial charge in [0.25, 0.3) is 0 Å². The summed E-state index contributed by atoms with van der Waals surface area (Å²) in [5.41, 5.74) is 0.111. The van der Waals surface area contributed by atoms with Crippen molar-refractivity contribution in [2.45, 2.75) is 31.0 Å². The number of halogens is 1. The summed E-state index contributed by atoms with van der Waals surface area (Å²) in [6, 6.07) is 11.3. The lowest BCUT2D eigenvalue weighted by molar-refractivity contribution is -0.144. The predicted octanol–water partition coefficient (Wildman–Crippen LogP) is 2.13. The number of carboxylic acid groups (broad SMARTS) is 1. The van der Waals surface area contributed by atoms with Crippen molar-refractivity contribution >= 4 is 41.0 Å². The van der Waals surface area contributed by atoms with E-state index in [1.54, 1.807) is 49.6 Å². The molecule has 3 aliphatic rings. The number of carbonyl (C=O) groups is 4. The van der Waals surface area contributed by atoms with E-state index in [4.69, 9.17) is 16.3 Å². The number of aliphatic carboxylic acids is 1. The number of para-hydroxylation sites is 1. The van der Waals surface area contributed by atoms with Gasteiger partial charge in [0, 0.05) is 18.0 Å². The number of fused-ring (bicyclic) bond motifs is 4. The second-order valence-electron chi connectivity index (χ2n) is 8.72. The lowest BCUT2D eigenvalue weighted by atomic mass is 9.76. The number of nitrogens with zero attached hydrogens (tertiary/aromatic N) is 1. The van der Waals surface area contributed by atoms with Crippen LogP contribution >= 0.6 is 11.6 Å². The minimum atomic E-state index is -1.50. The van der Waals surface area contributed by atoms with Crippen molar-refractivity contribution in [3.8, 4) is 5.75 Å². The van der Waals surface area contributed by atoms with Crippen LogP contribution in [0.5, 0.6) is 5.75 Å². The summed E-state index contributed by atoms with van der Waals surface area (Å²) in [5, 5.41) is 15.5. The first-order valence-corrected chi connectivity index (χ1v) is 11.2. The molecule has 9 nitrogen and oxygen atoms in total. The van der Waals surface area contributed by atoms with Crippen LogP contribution in [0, 0.1) is 11.8 Å². The second-order valence-corrected chi connectivity index (χ2v) is 9.13. The maximum Gasteiger partial charge on any atom is 0.303 e. The molecule has 2 aromatic rings. The number of methoxy groups -OCH3 is 1. The highest BCUT2D eigenvalue weighted by Gasteiger charge is 2.70. The van der Waals surface area contributed by atoms with E-state index in [1.807, 2.05) is 0 Å². The molecule has 1 spiro atoms. The maximum absolute atomic E-state index is 13.7. The first-order chi connectivity index (χ1) is 16.3. The number of carboxylic acids is 1. The molecule has 0 saturated carbocycles. The molecule has 4 atom stereocenters. The maximum atomic E-state index is 13.7. The Hall–Kier alpha value is -3.43. The van der Waals surface area contributed by atoms with E-state index in [0.717, 1.165) is 5.56 Å². The van der Waals surface area contributed by atoms with E-state index in [2.05, 4.69) is 10.6 Å². The van der Waals surface area contributed by atoms with Gasteiger partial charge in [-0.25, -0.2) is 0 Å². The SMILES string of the molecule is COc1ccc(CN2C(=O)[C@H]3[C@@H](C2=O)[C@@]2(N[C@@H]3CCC(=O)O)C(=O)Nc3c(Cl)cccc32)cc1. The minimum absolute atomic E-state index is 0.0421. The molecule has 34 heavy (non-hydrogen) atoms. The lowest BCUT2D eigenvalue weighted by Crippen LogP contribution is -2.53. The van der Waals surface area contributed by atoms with Gasteiger partial charge in [-0.05, 0) is 30.2 Å². The molecule has 2 saturated heterocycles. The molecule has 0 unspecified atom stereocenters. The zero-order valence-corrected chi connectivity index (χ0v) is 19.0. The summed E-state index contributed by atoms with van der Waals surface area (Å²) in [6.07, 6.45) is -0.113. The number of hydrogen-bond acceptors (Lipinski definition) is 6. The molecule has 3 aliphatic heterocycles. The minimum Gasteiger partial charge on any atom is -0.497 e. The molecule has 2 aromatic carbocycles. The zero-order chi connectivity index (χ0) is 24.2. The third-order valence-corrected chi connectivity index (χ3v) is 7.27. The van der Waals surface area contributed by atoms with E-state index < -0.39 is 47.1 Å². The summed E-state index contributed by atoms with van der Waals surface area (Å²) in [4.78, 5) is 53.1. The van der Waals surface area contributed by atoms with Gasteiger partial charge < -0.3 is 15.2 Å². The largest absolute Gasteiger partial charge is 0.497 e. The summed E-state index contributed by atoms with van der Waals surface area (Å²) in [5.74, 6) is -3.64. The van der Waals surface area contributed by atoms with Gasteiger partial charge in [0.2, 0.25) is 17.7 Å². The van der Waals surface area contributed by atoms with Crippen molar-refractivity contribution in [1.82, 2.24) is 10.2 Å². The summed E-state index contributed by atoms with van der Waals surface area (Å²) < 4.78 is 5.16. The van der Waals surface area contributed by atoms with E-state index in [9.17, 15) is 24.3 Å². The molecule has 3 amide bonds. The van der Waals surface area contributed by atoms with Crippen LogP contribution in [0.2, 0.25) is 5.02 Å². The fraction of sp³-hybridized carbons (Fsp3) is 0.333. The molecule has 10 heteroatoms. The standard InChI is InChI=1S/C24H22ClN3O6/c1-34-13-7-5-12(6-8-13)11-28-21(31)18-16(9-10-17(29)30)27-24(19(18)22(28)32)14-3-2-4-15(25)20(14)26-23(24)33/h2-8,16,18-19,27H,9-11H2,1H3,(H,26,33)(H,29,30)/t16-,18-,19+,24-/m1/s1. The highest BCUT2D eigenvalue weighted by atomic mass is 35.5. The van der Waals surface area contributed by atoms with Crippen molar-refractivity contribution in [3.05, 3.63) is 58.6 Å². The number of likely N-dealkylation sites (tertiary alicyclic amines) is 1. The first-order valence-electron chi connectivity index (χ1n) is 10.9. The topological polar surface area (TPSA) is 125 Å². The average molecular weight is 484 g/mol. The molecule has 176 valence electrons. The van der Waals surface area contributed by atoms with Gasteiger partial charge in [-0.3, -0.25) is 29.4 Å². The second kappa shape index (κ2) is 8.11. The Balaban J connectivity index is 1.56. The van der Waals surface area contributed by atoms with Gasteiger partial charge in [-0.1, -0.05) is 35.9 Å². The number of carbonyl (C=O) groups excluding carboxylic acids is 3. The Kier molecular flexibility index (Phi) is 5.33. The molecule has 0 bridgehead atoms. The molecular weight excluding hydrogens is 462 g/mol. The lowest BCUT2D eigenvalue weighted by Gasteiger charge is -2.29. The number of ether oxygens (including phenoxy) is 1. The highest BCUT2D eigenvalue weighted by Crippen LogP contribution is 2.54. The number of anilines is 1. The summed E-state index contributed by atoms with van der Waals surface area (Å²) in [7, 11) is 1.55. The van der Waals surface area contributed by atoms with Crippen molar-refractivity contribution in [2.75, 3.05) is 12.4 Å². The van der Waals surface area contributed by atoms with Gasteiger partial charge in [0.05, 0.1) is 36.2 Å². The third-order valence-electron chi connectivity index (χ3n) is 6.96. The van der Waals surface area contributed by atoms with Gasteiger partial charge in [0.15, 0.2) is 0 Å². The number of hydrogen-bond donors (Lipinski definition) is 3. The molecule has 3 N–H and O–H groups in total.